The Morgan fingerprint density at radius 1 is 1.27 bits per heavy atom. The van der Waals surface area contributed by atoms with Crippen LogP contribution in [0.15, 0.2) is 36.9 Å². The molecule has 2 aliphatic rings. The number of pyridine rings is 1. The first-order valence-corrected chi connectivity index (χ1v) is 11.5. The van der Waals surface area contributed by atoms with Crippen molar-refractivity contribution in [3.8, 4) is 11.9 Å². The number of rotatable bonds is 6. The molecule has 1 fully saturated rings. The highest BCUT2D eigenvalue weighted by Gasteiger charge is 2.48. The monoisotopic (exact) mass is 508 g/mol. The van der Waals surface area contributed by atoms with Crippen molar-refractivity contribution in [2.45, 2.75) is 50.2 Å². The lowest BCUT2D eigenvalue weighted by atomic mass is 9.80. The minimum Gasteiger partial charge on any atom is -0.415 e. The van der Waals surface area contributed by atoms with E-state index in [9.17, 15) is 23.2 Å². The van der Waals surface area contributed by atoms with E-state index in [1.165, 1.54) is 16.6 Å². The van der Waals surface area contributed by atoms with Crippen molar-refractivity contribution in [3.05, 3.63) is 65.3 Å². The van der Waals surface area contributed by atoms with Crippen LogP contribution >= 0.6 is 0 Å². The number of hydrogen-bond acceptors (Lipinski definition) is 7. The Kier molecular flexibility index (Phi) is 5.15. The number of aromatic nitrogens is 6. The molecular formula is C24H19F3N8O2. The molecule has 4 heterocycles. The summed E-state index contributed by atoms with van der Waals surface area (Å²) in [7, 11) is 0. The fraction of sp³-hybridized carbons (Fsp3) is 0.333. The molecule has 0 radical (unpaired) electrons. The number of halogens is 3. The number of carbonyl (C=O) groups is 1. The third-order valence-corrected chi connectivity index (χ3v) is 6.91. The minimum absolute atomic E-state index is 0.138. The van der Waals surface area contributed by atoms with Crippen LogP contribution in [0, 0.1) is 17.3 Å². The number of nitrogens with one attached hydrogen (secondary N) is 1. The van der Waals surface area contributed by atoms with Crippen molar-refractivity contribution in [2.24, 2.45) is 0 Å². The predicted molar refractivity (Wildman–Crippen MR) is 121 cm³/mol. The summed E-state index contributed by atoms with van der Waals surface area (Å²) in [5.41, 5.74) is 1.53. The number of nitrogens with zero attached hydrogens (tertiary/aromatic N) is 7. The lowest BCUT2D eigenvalue weighted by Gasteiger charge is -2.24. The molecular weight excluding hydrogens is 489 g/mol. The molecule has 1 amide bonds. The molecule has 13 heteroatoms. The van der Waals surface area contributed by atoms with Crippen LogP contribution in [-0.2, 0) is 10.2 Å². The number of carbonyl (C=O) groups excluding carboxylic acids is 1. The van der Waals surface area contributed by atoms with Gasteiger partial charge in [-0.3, -0.25) is 9.48 Å². The Hall–Kier alpha value is -4.47. The number of nitriles is 1. The summed E-state index contributed by atoms with van der Waals surface area (Å²) in [5.74, 6) is -2.36. The molecule has 4 aromatic heterocycles. The fourth-order valence-electron chi connectivity index (χ4n) is 5.00. The van der Waals surface area contributed by atoms with Crippen molar-refractivity contribution in [2.75, 3.05) is 5.32 Å². The van der Waals surface area contributed by atoms with Crippen LogP contribution in [0.5, 0.6) is 5.88 Å². The van der Waals surface area contributed by atoms with Crippen LogP contribution in [0.25, 0.3) is 5.65 Å². The van der Waals surface area contributed by atoms with Gasteiger partial charge in [-0.15, -0.1) is 5.10 Å². The van der Waals surface area contributed by atoms with Gasteiger partial charge in [0.1, 0.15) is 11.6 Å². The average molecular weight is 508 g/mol. The Morgan fingerprint density at radius 3 is 2.81 bits per heavy atom. The zero-order valence-corrected chi connectivity index (χ0v) is 19.4. The summed E-state index contributed by atoms with van der Waals surface area (Å²) in [6.07, 6.45) is 8.83. The largest absolute Gasteiger partial charge is 0.415 e. The lowest BCUT2D eigenvalue weighted by molar-refractivity contribution is -0.117. The maximum Gasteiger partial charge on any atom is 0.388 e. The number of alkyl halides is 2. The average Bonchev–Trinajstić information content (AvgIpc) is 3.31. The summed E-state index contributed by atoms with van der Waals surface area (Å²) in [4.78, 5) is 21.5. The van der Waals surface area contributed by atoms with E-state index in [0.29, 0.717) is 29.4 Å². The van der Waals surface area contributed by atoms with Gasteiger partial charge in [0.05, 0.1) is 35.7 Å². The van der Waals surface area contributed by atoms with Crippen LogP contribution < -0.4 is 10.1 Å². The van der Waals surface area contributed by atoms with E-state index >= 15 is 0 Å². The van der Waals surface area contributed by atoms with Gasteiger partial charge in [0, 0.05) is 35.0 Å². The van der Waals surface area contributed by atoms with Crippen molar-refractivity contribution in [1.29, 1.82) is 5.26 Å². The molecule has 2 aliphatic carbocycles. The molecule has 6 rings (SSSR count). The third kappa shape index (κ3) is 3.85. The molecule has 2 atom stereocenters. The third-order valence-electron chi connectivity index (χ3n) is 6.91. The van der Waals surface area contributed by atoms with E-state index < -0.39 is 35.7 Å². The number of amides is 1. The fourth-order valence-corrected chi connectivity index (χ4v) is 5.00. The molecule has 0 spiro atoms. The second-order valence-corrected chi connectivity index (χ2v) is 9.38. The number of hydrogen-bond donors (Lipinski definition) is 1. The Labute approximate surface area is 207 Å². The van der Waals surface area contributed by atoms with Gasteiger partial charge in [0.15, 0.2) is 5.65 Å². The van der Waals surface area contributed by atoms with Crippen LogP contribution in [-0.4, -0.2) is 41.9 Å². The van der Waals surface area contributed by atoms with Gasteiger partial charge in [0.25, 0.3) is 0 Å². The maximum absolute atomic E-state index is 14.1. The van der Waals surface area contributed by atoms with Crippen molar-refractivity contribution in [1.82, 2.24) is 29.4 Å². The Bertz CT molecular complexity index is 1590. The zero-order chi connectivity index (χ0) is 25.9. The summed E-state index contributed by atoms with van der Waals surface area (Å²) in [6, 6.07) is 4.52. The highest BCUT2D eigenvalue weighted by molar-refractivity contribution is 5.97. The van der Waals surface area contributed by atoms with Crippen molar-refractivity contribution >= 4 is 17.2 Å². The molecule has 1 saturated carbocycles. The smallest absolute Gasteiger partial charge is 0.388 e. The number of anilines is 1. The molecule has 0 aliphatic heterocycles. The number of fused-ring (bicyclic) bond motifs is 3. The molecule has 4 aromatic rings. The molecule has 10 nitrogen and oxygen atoms in total. The molecule has 0 saturated heterocycles. The second kappa shape index (κ2) is 8.29. The van der Waals surface area contributed by atoms with E-state index in [0.717, 1.165) is 24.6 Å². The normalized spacial score (nSPS) is 20.7. The van der Waals surface area contributed by atoms with Crippen molar-refractivity contribution < 1.29 is 22.7 Å². The highest BCUT2D eigenvalue weighted by Crippen LogP contribution is 2.50. The summed E-state index contributed by atoms with van der Waals surface area (Å²) in [5, 5.41) is 20.5. The van der Waals surface area contributed by atoms with Gasteiger partial charge in [-0.1, -0.05) is 0 Å². The van der Waals surface area contributed by atoms with Gasteiger partial charge in [-0.2, -0.15) is 23.5 Å². The standard InChI is InChI=1S/C24H19F3N8O2/c1-24(13-8-31-34(11-13)15-2-3-15)6-16(17-10-29-19-5-18(25)33-35(19)20(17)24)21(36)32-14-4-12(7-28)22(30-9-14)37-23(26)27/h4-5,8-11,15-16,23H,2-3,6H2,1H3,(H,32,36)/t16-,24+/m1/s1. The minimum atomic E-state index is -3.14. The quantitative estimate of drug-likeness (QED) is 0.421. The predicted octanol–water partition coefficient (Wildman–Crippen LogP) is 3.70. The van der Waals surface area contributed by atoms with Gasteiger partial charge >= 0.3 is 6.61 Å². The van der Waals surface area contributed by atoms with Crippen LogP contribution in [0.1, 0.15) is 60.5 Å². The van der Waals surface area contributed by atoms with Gasteiger partial charge in [0.2, 0.25) is 17.7 Å². The topological polar surface area (TPSA) is 123 Å². The maximum atomic E-state index is 14.1. The van der Waals surface area contributed by atoms with Crippen LogP contribution in [0.3, 0.4) is 0 Å². The molecule has 0 bridgehead atoms. The van der Waals surface area contributed by atoms with Gasteiger partial charge in [-0.25, -0.2) is 14.5 Å². The molecule has 0 aromatic carbocycles. The van der Waals surface area contributed by atoms with E-state index in [1.54, 1.807) is 18.5 Å². The highest BCUT2D eigenvalue weighted by atomic mass is 19.3. The first-order valence-electron chi connectivity index (χ1n) is 11.5. The Morgan fingerprint density at radius 2 is 2.08 bits per heavy atom. The van der Waals surface area contributed by atoms with Gasteiger partial charge < -0.3 is 10.1 Å². The Balaban J connectivity index is 1.38. The van der Waals surface area contributed by atoms with Gasteiger partial charge in [-0.05, 0) is 32.3 Å². The number of ether oxygens (including phenoxy) is 1. The van der Waals surface area contributed by atoms with Crippen molar-refractivity contribution in [3.63, 3.8) is 0 Å². The summed E-state index contributed by atoms with van der Waals surface area (Å²) >= 11 is 0. The van der Waals surface area contributed by atoms with E-state index in [1.807, 2.05) is 17.8 Å². The SMILES string of the molecule is C[C@@]1(c2cnn(C3CC3)c2)C[C@@H](C(=O)Nc2cnc(OC(F)F)c(C#N)c2)c2cnc3cc(F)nn3c21. The lowest BCUT2D eigenvalue weighted by Crippen LogP contribution is -2.25. The molecule has 1 N–H and O–H groups in total. The first kappa shape index (κ1) is 23.0. The molecule has 37 heavy (non-hydrogen) atoms. The molecule has 0 unspecified atom stereocenters. The zero-order valence-electron chi connectivity index (χ0n) is 19.4. The summed E-state index contributed by atoms with van der Waals surface area (Å²) in [6.45, 7) is -1.19. The molecule has 188 valence electrons. The second-order valence-electron chi connectivity index (χ2n) is 9.38. The van der Waals surface area contributed by atoms with E-state index in [4.69, 9.17) is 0 Å². The van der Waals surface area contributed by atoms with Crippen LogP contribution in [0.4, 0.5) is 18.9 Å². The van der Waals surface area contributed by atoms with E-state index in [2.05, 4.69) is 30.2 Å². The van der Waals surface area contributed by atoms with E-state index in [-0.39, 0.29) is 11.3 Å². The van der Waals surface area contributed by atoms with Crippen LogP contribution in [0.2, 0.25) is 0 Å². The first-order chi connectivity index (χ1) is 17.8. The summed E-state index contributed by atoms with van der Waals surface area (Å²) < 4.78 is 46.9.